The fraction of sp³-hybridized carbons (Fsp3) is 0.538. The molecule has 1 aromatic rings. The Morgan fingerprint density at radius 3 is 3.12 bits per heavy atom. The number of ether oxygens (including phenoxy) is 1. The van der Waals surface area contributed by atoms with Gasteiger partial charge in [-0.25, -0.2) is 0 Å². The minimum absolute atomic E-state index is 0.0975. The number of hydrogen-bond donors (Lipinski definition) is 1. The Morgan fingerprint density at radius 1 is 1.59 bits per heavy atom. The second kappa shape index (κ2) is 5.96. The number of rotatable bonds is 3. The molecule has 0 bridgehead atoms. The number of halogens is 1. The number of morpholine rings is 1. The molecule has 0 saturated carbocycles. The molecule has 2 unspecified atom stereocenters. The van der Waals surface area contributed by atoms with Crippen LogP contribution in [0.5, 0.6) is 0 Å². The maximum Gasteiger partial charge on any atom is 0.0850 e. The lowest BCUT2D eigenvalue weighted by Gasteiger charge is -2.34. The van der Waals surface area contributed by atoms with E-state index in [9.17, 15) is 0 Å². The van der Waals surface area contributed by atoms with Crippen molar-refractivity contribution in [3.05, 3.63) is 34.3 Å². The van der Waals surface area contributed by atoms with Gasteiger partial charge in [-0.15, -0.1) is 0 Å². The highest BCUT2D eigenvalue weighted by Crippen LogP contribution is 2.15. The first kappa shape index (κ1) is 13.0. The molecule has 0 spiro atoms. The second-order valence-electron chi connectivity index (χ2n) is 4.63. The van der Waals surface area contributed by atoms with Crippen LogP contribution in [0.3, 0.4) is 0 Å². The average molecular weight is 299 g/mol. The number of benzene rings is 1. The highest BCUT2D eigenvalue weighted by Gasteiger charge is 2.23. The van der Waals surface area contributed by atoms with Crippen molar-refractivity contribution in [2.24, 2.45) is 5.73 Å². The van der Waals surface area contributed by atoms with Gasteiger partial charge in [0.1, 0.15) is 0 Å². The van der Waals surface area contributed by atoms with Crippen molar-refractivity contribution in [1.82, 2.24) is 4.90 Å². The van der Waals surface area contributed by atoms with Gasteiger partial charge in [0.2, 0.25) is 0 Å². The maximum absolute atomic E-state index is 5.89. The lowest BCUT2D eigenvalue weighted by atomic mass is 10.1. The van der Waals surface area contributed by atoms with Crippen LogP contribution in [0.15, 0.2) is 28.7 Å². The van der Waals surface area contributed by atoms with Crippen molar-refractivity contribution in [3.63, 3.8) is 0 Å². The summed E-state index contributed by atoms with van der Waals surface area (Å²) in [6, 6.07) is 8.54. The molecule has 1 aliphatic heterocycles. The van der Waals surface area contributed by atoms with Crippen LogP contribution in [0.2, 0.25) is 0 Å². The van der Waals surface area contributed by atoms with Gasteiger partial charge in [-0.3, -0.25) is 4.90 Å². The Morgan fingerprint density at radius 2 is 2.41 bits per heavy atom. The van der Waals surface area contributed by atoms with E-state index in [1.54, 1.807) is 0 Å². The molecule has 1 heterocycles. The van der Waals surface area contributed by atoms with Crippen molar-refractivity contribution >= 4 is 15.9 Å². The van der Waals surface area contributed by atoms with Crippen molar-refractivity contribution in [2.75, 3.05) is 19.7 Å². The molecule has 94 valence electrons. The minimum Gasteiger partial charge on any atom is -0.374 e. The minimum atomic E-state index is 0.0975. The standard InChI is InChI=1S/C13H19BrN2O/c1-10(15)13-9-16(5-6-17-13)8-11-3-2-4-12(14)7-11/h2-4,7,10,13H,5-6,8-9,15H2,1H3. The summed E-state index contributed by atoms with van der Waals surface area (Å²) in [5, 5.41) is 0. The fourth-order valence-electron chi connectivity index (χ4n) is 2.09. The van der Waals surface area contributed by atoms with E-state index in [-0.39, 0.29) is 12.1 Å². The molecule has 1 fully saturated rings. The lowest BCUT2D eigenvalue weighted by Crippen LogP contribution is -2.49. The van der Waals surface area contributed by atoms with Gasteiger partial charge in [-0.05, 0) is 24.6 Å². The molecule has 4 heteroatoms. The molecule has 1 aliphatic rings. The van der Waals surface area contributed by atoms with Gasteiger partial charge < -0.3 is 10.5 Å². The normalized spacial score (nSPS) is 23.6. The Labute approximate surface area is 111 Å². The topological polar surface area (TPSA) is 38.5 Å². The maximum atomic E-state index is 5.89. The van der Waals surface area contributed by atoms with Crippen molar-refractivity contribution in [2.45, 2.75) is 25.6 Å². The quantitative estimate of drug-likeness (QED) is 0.928. The summed E-state index contributed by atoms with van der Waals surface area (Å²) in [5.41, 5.74) is 7.21. The summed E-state index contributed by atoms with van der Waals surface area (Å²) < 4.78 is 6.79. The van der Waals surface area contributed by atoms with Gasteiger partial charge in [0.25, 0.3) is 0 Å². The van der Waals surface area contributed by atoms with Crippen LogP contribution < -0.4 is 5.73 Å². The van der Waals surface area contributed by atoms with Crippen LogP contribution in [0.25, 0.3) is 0 Å². The molecule has 2 N–H and O–H groups in total. The van der Waals surface area contributed by atoms with Crippen LogP contribution >= 0.6 is 15.9 Å². The molecular weight excluding hydrogens is 280 g/mol. The molecule has 0 aliphatic carbocycles. The first-order valence-electron chi connectivity index (χ1n) is 5.99. The highest BCUT2D eigenvalue weighted by molar-refractivity contribution is 9.10. The molecule has 0 amide bonds. The predicted molar refractivity (Wildman–Crippen MR) is 72.8 cm³/mol. The molecule has 2 rings (SSSR count). The van der Waals surface area contributed by atoms with Crippen molar-refractivity contribution in [1.29, 1.82) is 0 Å². The lowest BCUT2D eigenvalue weighted by molar-refractivity contribution is -0.0403. The third kappa shape index (κ3) is 3.78. The van der Waals surface area contributed by atoms with E-state index < -0.39 is 0 Å². The van der Waals surface area contributed by atoms with Gasteiger partial charge in [0.05, 0.1) is 12.7 Å². The molecule has 2 atom stereocenters. The monoisotopic (exact) mass is 298 g/mol. The summed E-state index contributed by atoms with van der Waals surface area (Å²) in [6.45, 7) is 5.65. The average Bonchev–Trinajstić information content (AvgIpc) is 2.29. The van der Waals surface area contributed by atoms with E-state index in [0.717, 1.165) is 30.7 Å². The van der Waals surface area contributed by atoms with Crippen LogP contribution in [-0.4, -0.2) is 36.7 Å². The molecule has 0 aromatic heterocycles. The molecule has 1 saturated heterocycles. The summed E-state index contributed by atoms with van der Waals surface area (Å²) >= 11 is 3.50. The van der Waals surface area contributed by atoms with Crippen LogP contribution in [0, 0.1) is 0 Å². The largest absolute Gasteiger partial charge is 0.374 e. The molecule has 3 nitrogen and oxygen atoms in total. The third-order valence-electron chi connectivity index (χ3n) is 3.06. The zero-order valence-electron chi connectivity index (χ0n) is 10.1. The van der Waals surface area contributed by atoms with Crippen LogP contribution in [0.4, 0.5) is 0 Å². The third-order valence-corrected chi connectivity index (χ3v) is 3.55. The Bertz CT molecular complexity index is 370. The number of hydrogen-bond acceptors (Lipinski definition) is 3. The van der Waals surface area contributed by atoms with Gasteiger partial charge in [-0.2, -0.15) is 0 Å². The SMILES string of the molecule is CC(N)C1CN(Cc2cccc(Br)c2)CCO1. The van der Waals surface area contributed by atoms with Crippen LogP contribution in [-0.2, 0) is 11.3 Å². The van der Waals surface area contributed by atoms with Gasteiger partial charge >= 0.3 is 0 Å². The van der Waals surface area contributed by atoms with Crippen LogP contribution in [0.1, 0.15) is 12.5 Å². The summed E-state index contributed by atoms with van der Waals surface area (Å²) in [6.07, 6.45) is 0.163. The van der Waals surface area contributed by atoms with E-state index in [4.69, 9.17) is 10.5 Å². The van der Waals surface area contributed by atoms with Gasteiger partial charge in [-0.1, -0.05) is 28.1 Å². The summed E-state index contributed by atoms with van der Waals surface area (Å²) in [7, 11) is 0. The van der Waals surface area contributed by atoms with Crippen molar-refractivity contribution in [3.8, 4) is 0 Å². The van der Waals surface area contributed by atoms with E-state index in [1.165, 1.54) is 5.56 Å². The Balaban J connectivity index is 1.94. The second-order valence-corrected chi connectivity index (χ2v) is 5.55. The molecule has 1 aromatic carbocycles. The predicted octanol–water partition coefficient (Wildman–Crippen LogP) is 2.00. The van der Waals surface area contributed by atoms with E-state index in [2.05, 4.69) is 39.0 Å². The summed E-state index contributed by atoms with van der Waals surface area (Å²) in [5.74, 6) is 0. The van der Waals surface area contributed by atoms with E-state index >= 15 is 0 Å². The molecule has 17 heavy (non-hydrogen) atoms. The smallest absolute Gasteiger partial charge is 0.0850 e. The highest BCUT2D eigenvalue weighted by atomic mass is 79.9. The first-order valence-corrected chi connectivity index (χ1v) is 6.78. The fourth-order valence-corrected chi connectivity index (χ4v) is 2.53. The molecular formula is C13H19BrN2O. The summed E-state index contributed by atoms with van der Waals surface area (Å²) in [4.78, 5) is 2.40. The van der Waals surface area contributed by atoms with Crippen molar-refractivity contribution < 1.29 is 4.74 Å². The first-order chi connectivity index (χ1) is 8.15. The Kier molecular flexibility index (Phi) is 4.56. The van der Waals surface area contributed by atoms with Gasteiger partial charge in [0, 0.05) is 30.1 Å². The zero-order chi connectivity index (χ0) is 12.3. The number of nitrogens with zero attached hydrogens (tertiary/aromatic N) is 1. The van der Waals surface area contributed by atoms with Gasteiger partial charge in [0.15, 0.2) is 0 Å². The number of nitrogens with two attached hydrogens (primary N) is 1. The van der Waals surface area contributed by atoms with E-state index in [0.29, 0.717) is 0 Å². The van der Waals surface area contributed by atoms with E-state index in [1.807, 2.05) is 13.0 Å². The Hall–Kier alpha value is -0.420. The molecule has 0 radical (unpaired) electrons. The zero-order valence-corrected chi connectivity index (χ0v) is 11.7.